The van der Waals surface area contributed by atoms with Gasteiger partial charge >= 0.3 is 6.09 Å². The maximum Gasteiger partial charge on any atom is 0.410 e. The van der Waals surface area contributed by atoms with Gasteiger partial charge in [0.15, 0.2) is 0 Å². The van der Waals surface area contributed by atoms with E-state index >= 15 is 0 Å². The van der Waals surface area contributed by atoms with Crippen LogP contribution in [0.15, 0.2) is 61.2 Å². The third kappa shape index (κ3) is 6.06. The number of carbonyl (C=O) groups is 2. The van der Waals surface area contributed by atoms with Crippen LogP contribution in [0.4, 0.5) is 4.79 Å². The topological polar surface area (TPSA) is 113 Å². The van der Waals surface area contributed by atoms with Crippen LogP contribution in [0.3, 0.4) is 0 Å². The van der Waals surface area contributed by atoms with E-state index in [9.17, 15) is 9.59 Å². The number of hydrogen-bond donors (Lipinski definition) is 2. The van der Waals surface area contributed by atoms with Crippen LogP contribution in [0.2, 0.25) is 5.02 Å². The Morgan fingerprint density at radius 2 is 1.93 bits per heavy atom. The van der Waals surface area contributed by atoms with Gasteiger partial charge in [-0.3, -0.25) is 14.7 Å². The number of halogens is 1. The summed E-state index contributed by atoms with van der Waals surface area (Å²) in [5.41, 5.74) is 10.2. The van der Waals surface area contributed by atoms with Gasteiger partial charge in [0.1, 0.15) is 11.2 Å². The van der Waals surface area contributed by atoms with Crippen molar-refractivity contribution in [2.75, 3.05) is 40.3 Å². The number of hydrogen-bond acceptors (Lipinski definition) is 8. The van der Waals surface area contributed by atoms with Crippen LogP contribution in [0.25, 0.3) is 11.6 Å². The van der Waals surface area contributed by atoms with Gasteiger partial charge in [0.2, 0.25) is 0 Å². The summed E-state index contributed by atoms with van der Waals surface area (Å²) < 4.78 is 11.4. The van der Waals surface area contributed by atoms with E-state index in [-0.39, 0.29) is 23.6 Å². The van der Waals surface area contributed by atoms with Crippen molar-refractivity contribution in [2.45, 2.75) is 55.9 Å². The second kappa shape index (κ2) is 12.2. The van der Waals surface area contributed by atoms with Crippen LogP contribution >= 0.6 is 11.6 Å². The molecule has 0 bridgehead atoms. The molecule has 2 aromatic rings. The normalized spacial score (nSPS) is 22.1. The van der Waals surface area contributed by atoms with E-state index in [2.05, 4.69) is 22.9 Å². The third-order valence-electron chi connectivity index (χ3n) is 9.53. The number of likely N-dealkylation sites (N-methyl/N-ethyl adjacent to an activating group) is 1. The summed E-state index contributed by atoms with van der Waals surface area (Å²) in [6, 6.07) is 8.92. The Labute approximate surface area is 269 Å². The summed E-state index contributed by atoms with van der Waals surface area (Å²) in [7, 11) is 3.41. The van der Waals surface area contributed by atoms with Crippen LogP contribution in [0, 0.1) is 0 Å². The molecule has 0 unspecified atom stereocenters. The molecule has 45 heavy (non-hydrogen) atoms. The predicted octanol–water partition coefficient (Wildman–Crippen LogP) is 4.52. The van der Waals surface area contributed by atoms with Gasteiger partial charge in [-0.2, -0.15) is 0 Å². The SMILES string of the molecule is C=CN(C)/C(=C\N)[C@H](NC(=O)C1(OC)CC1)C1=Cc2cccnc2[C@@H](N2CCN(C(=O)OC3(C)CC3)CC2)c2ccc(Cl)cc21. The van der Waals surface area contributed by atoms with Crippen LogP contribution in [-0.2, 0) is 14.3 Å². The summed E-state index contributed by atoms with van der Waals surface area (Å²) in [6.07, 6.45) is 9.90. The Morgan fingerprint density at radius 3 is 2.56 bits per heavy atom. The minimum absolute atomic E-state index is 0.202. The van der Waals surface area contributed by atoms with Gasteiger partial charge in [-0.25, -0.2) is 4.79 Å². The van der Waals surface area contributed by atoms with Gasteiger partial charge in [-0.15, -0.1) is 0 Å². The summed E-state index contributed by atoms with van der Waals surface area (Å²) in [4.78, 5) is 37.4. The minimum atomic E-state index is -0.854. The molecule has 3 N–H and O–H groups in total. The number of carbonyl (C=O) groups excluding carboxylic acids is 2. The number of aromatic nitrogens is 1. The number of amides is 2. The van der Waals surface area contributed by atoms with E-state index in [0.717, 1.165) is 40.8 Å². The highest BCUT2D eigenvalue weighted by Gasteiger charge is 2.51. The molecule has 2 saturated carbocycles. The van der Waals surface area contributed by atoms with Crippen LogP contribution in [0.5, 0.6) is 0 Å². The Kier molecular flexibility index (Phi) is 8.41. The number of fused-ring (bicyclic) bond motifs is 2. The van der Waals surface area contributed by atoms with Crippen molar-refractivity contribution in [1.82, 2.24) is 25.0 Å². The molecule has 1 saturated heterocycles. The number of nitrogens with two attached hydrogens (primary N) is 1. The van der Waals surface area contributed by atoms with E-state index in [1.165, 1.54) is 6.20 Å². The summed E-state index contributed by atoms with van der Waals surface area (Å²) in [6.45, 7) is 8.27. The molecular weight excluding hydrogens is 592 g/mol. The molecule has 1 aliphatic heterocycles. The molecule has 2 amide bonds. The lowest BCUT2D eigenvalue weighted by Gasteiger charge is -2.39. The van der Waals surface area contributed by atoms with E-state index in [1.54, 1.807) is 29.3 Å². The fourth-order valence-corrected chi connectivity index (χ4v) is 6.42. The number of nitrogens with one attached hydrogen (secondary N) is 1. The lowest BCUT2D eigenvalue weighted by Crippen LogP contribution is -2.50. The molecule has 238 valence electrons. The van der Waals surface area contributed by atoms with Crippen molar-refractivity contribution in [2.24, 2.45) is 5.73 Å². The van der Waals surface area contributed by atoms with E-state index in [1.807, 2.05) is 44.3 Å². The molecule has 11 heteroatoms. The number of rotatable bonds is 9. The summed E-state index contributed by atoms with van der Waals surface area (Å²) in [5.74, 6) is -0.202. The van der Waals surface area contributed by atoms with E-state index in [0.29, 0.717) is 49.7 Å². The van der Waals surface area contributed by atoms with Gasteiger partial charge in [0.25, 0.3) is 5.91 Å². The molecule has 0 spiro atoms. The molecule has 0 radical (unpaired) electrons. The molecule has 6 rings (SSSR count). The maximum absolute atomic E-state index is 13.7. The number of benzene rings is 1. The van der Waals surface area contributed by atoms with Gasteiger partial charge in [0, 0.05) is 57.8 Å². The molecule has 4 aliphatic rings. The Hall–Kier alpha value is -3.86. The lowest BCUT2D eigenvalue weighted by molar-refractivity contribution is -0.133. The quantitative estimate of drug-likeness (QED) is 0.415. The molecule has 1 aromatic carbocycles. The van der Waals surface area contributed by atoms with Crippen LogP contribution < -0.4 is 11.1 Å². The monoisotopic (exact) mass is 632 g/mol. The molecule has 10 nitrogen and oxygen atoms in total. The Bertz CT molecular complexity index is 1560. The highest BCUT2D eigenvalue weighted by atomic mass is 35.5. The maximum atomic E-state index is 13.7. The molecule has 2 heterocycles. The summed E-state index contributed by atoms with van der Waals surface area (Å²) in [5, 5.41) is 3.82. The van der Waals surface area contributed by atoms with Crippen LogP contribution in [0.1, 0.15) is 61.0 Å². The van der Waals surface area contributed by atoms with Crippen molar-refractivity contribution in [3.05, 3.63) is 88.6 Å². The number of nitrogens with zero attached hydrogens (tertiary/aromatic N) is 4. The van der Waals surface area contributed by atoms with Gasteiger partial charge < -0.3 is 30.3 Å². The van der Waals surface area contributed by atoms with Crippen molar-refractivity contribution < 1.29 is 19.1 Å². The average molecular weight is 633 g/mol. The first-order valence-electron chi connectivity index (χ1n) is 15.4. The Balaban J connectivity index is 1.41. The van der Waals surface area contributed by atoms with Crippen LogP contribution in [-0.4, -0.2) is 89.3 Å². The van der Waals surface area contributed by atoms with Crippen molar-refractivity contribution in [3.8, 4) is 0 Å². The second-order valence-corrected chi connectivity index (χ2v) is 13.0. The first kappa shape index (κ1) is 31.1. The number of piperazine rings is 1. The van der Waals surface area contributed by atoms with Gasteiger partial charge in [0.05, 0.1) is 23.5 Å². The second-order valence-electron chi connectivity index (χ2n) is 12.5. The van der Waals surface area contributed by atoms with Crippen molar-refractivity contribution in [3.63, 3.8) is 0 Å². The molecule has 3 aliphatic carbocycles. The third-order valence-corrected chi connectivity index (χ3v) is 9.77. The van der Waals surface area contributed by atoms with Gasteiger partial charge in [-0.1, -0.05) is 30.3 Å². The molecule has 3 fully saturated rings. The molecule has 1 aromatic heterocycles. The zero-order chi connectivity index (χ0) is 31.9. The number of methoxy groups -OCH3 is 1. The van der Waals surface area contributed by atoms with E-state index in [4.69, 9.17) is 31.8 Å². The zero-order valence-corrected chi connectivity index (χ0v) is 26.8. The minimum Gasteiger partial charge on any atom is -0.443 e. The first-order chi connectivity index (χ1) is 21.6. The zero-order valence-electron chi connectivity index (χ0n) is 26.1. The van der Waals surface area contributed by atoms with Crippen molar-refractivity contribution >= 4 is 35.3 Å². The standard InChI is InChI=1S/C34H41ClN6O4/c1-5-39(3)27(21-36)29(38-31(42)34(44-4)12-13-34)26-19-22-7-6-14-37-28(22)30(24-9-8-23(35)20-25(24)26)40-15-17-41(18-16-40)32(43)45-33(2)10-11-33/h5-9,14,19-21,29-30H,1,10-13,15-18,36H2,2-4H3,(H,38,42)/b27-21-/t29-,30+/m1/s1. The Morgan fingerprint density at radius 1 is 1.20 bits per heavy atom. The fraction of sp³-hybridized carbons (Fsp3) is 0.441. The van der Waals surface area contributed by atoms with E-state index < -0.39 is 11.6 Å². The van der Waals surface area contributed by atoms with Crippen molar-refractivity contribution in [1.29, 1.82) is 0 Å². The summed E-state index contributed by atoms with van der Waals surface area (Å²) >= 11 is 6.68. The smallest absolute Gasteiger partial charge is 0.410 e. The van der Waals surface area contributed by atoms with Gasteiger partial charge in [-0.05, 0) is 85.3 Å². The highest BCUT2D eigenvalue weighted by Crippen LogP contribution is 2.44. The largest absolute Gasteiger partial charge is 0.443 e. The predicted molar refractivity (Wildman–Crippen MR) is 174 cm³/mol. The first-order valence-corrected chi connectivity index (χ1v) is 15.8. The lowest BCUT2D eigenvalue weighted by atomic mass is 9.89. The molecular formula is C34H41ClN6O4. The molecule has 2 atom stereocenters. The number of ether oxygens (including phenoxy) is 2. The number of pyridine rings is 1. The fourth-order valence-electron chi connectivity index (χ4n) is 6.25. The average Bonchev–Trinajstić information content (AvgIpc) is 3.98. The highest BCUT2D eigenvalue weighted by molar-refractivity contribution is 6.30.